The Kier molecular flexibility index (Phi) is 4.63. The summed E-state index contributed by atoms with van der Waals surface area (Å²) in [7, 11) is 1.49. The molecule has 1 N–H and O–H groups in total. The van der Waals surface area contributed by atoms with Gasteiger partial charge in [0.15, 0.2) is 0 Å². The Bertz CT molecular complexity index is 487. The first kappa shape index (κ1) is 14.8. The number of methoxy groups -OCH3 is 1. The third-order valence-electron chi connectivity index (χ3n) is 4.46. The molecule has 1 saturated carbocycles. The van der Waals surface area contributed by atoms with Gasteiger partial charge in [-0.05, 0) is 36.8 Å². The van der Waals surface area contributed by atoms with Crippen molar-refractivity contribution in [1.82, 2.24) is 0 Å². The van der Waals surface area contributed by atoms with E-state index in [2.05, 4.69) is 6.92 Å². The van der Waals surface area contributed by atoms with Crippen molar-refractivity contribution in [2.75, 3.05) is 7.11 Å². The van der Waals surface area contributed by atoms with Gasteiger partial charge in [0.05, 0.1) is 13.0 Å². The highest BCUT2D eigenvalue weighted by Gasteiger charge is 2.36. The minimum atomic E-state index is -0.820. The second-order valence-electron chi connectivity index (χ2n) is 5.53. The van der Waals surface area contributed by atoms with Crippen LogP contribution < -0.4 is 4.74 Å². The zero-order valence-electron chi connectivity index (χ0n) is 11.9. The van der Waals surface area contributed by atoms with E-state index in [4.69, 9.17) is 4.74 Å². The summed E-state index contributed by atoms with van der Waals surface area (Å²) in [6.45, 7) is 2.10. The molecule has 3 atom stereocenters. The molecule has 1 fully saturated rings. The fourth-order valence-electron chi connectivity index (χ4n) is 3.20. The third-order valence-corrected chi connectivity index (χ3v) is 4.46. The number of hydrogen-bond donors (Lipinski definition) is 1. The maximum absolute atomic E-state index is 14.2. The summed E-state index contributed by atoms with van der Waals surface area (Å²) in [5.41, 5.74) is 0.511. The first-order chi connectivity index (χ1) is 9.56. The van der Waals surface area contributed by atoms with E-state index >= 15 is 0 Å². The lowest BCUT2D eigenvalue weighted by Gasteiger charge is -2.34. The van der Waals surface area contributed by atoms with Crippen molar-refractivity contribution in [2.24, 2.45) is 11.8 Å². The number of hydrogen-bond acceptors (Lipinski definition) is 2. The highest BCUT2D eigenvalue weighted by molar-refractivity contribution is 5.71. The van der Waals surface area contributed by atoms with Crippen LogP contribution in [0, 0.1) is 17.7 Å². The van der Waals surface area contributed by atoms with Crippen molar-refractivity contribution in [1.29, 1.82) is 0 Å². The average molecular weight is 280 g/mol. The predicted octanol–water partition coefficient (Wildman–Crippen LogP) is 3.83. The Morgan fingerprint density at radius 3 is 2.75 bits per heavy atom. The van der Waals surface area contributed by atoms with E-state index in [0.717, 1.165) is 19.3 Å². The Morgan fingerprint density at radius 2 is 2.20 bits per heavy atom. The standard InChI is InChI=1S/C16H21FO3/c1-3-10-4-6-13(16(18)19)14(8-10)12-7-5-11(20-2)9-15(12)17/h5,7,9-10,13-14H,3-4,6,8H2,1-2H3,(H,18,19). The average Bonchev–Trinajstić information content (AvgIpc) is 2.46. The van der Waals surface area contributed by atoms with Gasteiger partial charge in [0.1, 0.15) is 11.6 Å². The van der Waals surface area contributed by atoms with Crippen molar-refractivity contribution in [3.63, 3.8) is 0 Å². The van der Waals surface area contributed by atoms with E-state index in [0.29, 0.717) is 23.7 Å². The van der Waals surface area contributed by atoms with Crippen molar-refractivity contribution in [3.05, 3.63) is 29.6 Å². The molecule has 0 amide bonds. The molecule has 0 aliphatic heterocycles. The van der Waals surface area contributed by atoms with Gasteiger partial charge in [0, 0.05) is 12.0 Å². The molecule has 20 heavy (non-hydrogen) atoms. The summed E-state index contributed by atoms with van der Waals surface area (Å²) in [6.07, 6.45) is 3.31. The molecule has 0 bridgehead atoms. The molecule has 0 aromatic heterocycles. The molecular weight excluding hydrogens is 259 g/mol. The lowest BCUT2D eigenvalue weighted by atomic mass is 9.70. The number of benzene rings is 1. The molecule has 3 nitrogen and oxygen atoms in total. The zero-order chi connectivity index (χ0) is 14.7. The number of aliphatic carboxylic acids is 1. The summed E-state index contributed by atoms with van der Waals surface area (Å²) in [5, 5.41) is 9.37. The van der Waals surface area contributed by atoms with Gasteiger partial charge in [0.25, 0.3) is 0 Å². The van der Waals surface area contributed by atoms with E-state index in [9.17, 15) is 14.3 Å². The fraction of sp³-hybridized carbons (Fsp3) is 0.562. The van der Waals surface area contributed by atoms with Gasteiger partial charge in [-0.2, -0.15) is 0 Å². The minimum Gasteiger partial charge on any atom is -0.497 e. The molecule has 0 heterocycles. The van der Waals surface area contributed by atoms with Gasteiger partial charge in [-0.25, -0.2) is 4.39 Å². The van der Waals surface area contributed by atoms with Crippen LogP contribution in [0.4, 0.5) is 4.39 Å². The molecule has 3 unspecified atom stereocenters. The molecule has 1 aromatic rings. The molecule has 2 rings (SSSR count). The molecule has 0 saturated heterocycles. The second-order valence-corrected chi connectivity index (χ2v) is 5.53. The Labute approximate surface area is 118 Å². The topological polar surface area (TPSA) is 46.5 Å². The van der Waals surface area contributed by atoms with Crippen LogP contribution in [0.3, 0.4) is 0 Å². The van der Waals surface area contributed by atoms with Crippen LogP contribution in [0.25, 0.3) is 0 Å². The third kappa shape index (κ3) is 2.94. The lowest BCUT2D eigenvalue weighted by molar-refractivity contribution is -0.144. The first-order valence-electron chi connectivity index (χ1n) is 7.13. The Hall–Kier alpha value is -1.58. The number of carbonyl (C=O) groups is 1. The molecule has 0 spiro atoms. The molecular formula is C16H21FO3. The first-order valence-corrected chi connectivity index (χ1v) is 7.13. The van der Waals surface area contributed by atoms with Gasteiger partial charge in [0.2, 0.25) is 0 Å². The van der Waals surface area contributed by atoms with Gasteiger partial charge in [-0.1, -0.05) is 19.4 Å². The van der Waals surface area contributed by atoms with Gasteiger partial charge in [-0.3, -0.25) is 4.79 Å². The van der Waals surface area contributed by atoms with E-state index in [1.807, 2.05) is 0 Å². The van der Waals surface area contributed by atoms with Crippen LogP contribution >= 0.6 is 0 Å². The summed E-state index contributed by atoms with van der Waals surface area (Å²) in [5.74, 6) is -0.965. The normalized spacial score (nSPS) is 26.2. The number of carboxylic acid groups (broad SMARTS) is 1. The molecule has 0 radical (unpaired) electrons. The van der Waals surface area contributed by atoms with Gasteiger partial charge >= 0.3 is 5.97 Å². The van der Waals surface area contributed by atoms with Crippen LogP contribution in [-0.2, 0) is 4.79 Å². The number of halogens is 1. The van der Waals surface area contributed by atoms with E-state index in [1.165, 1.54) is 13.2 Å². The highest BCUT2D eigenvalue weighted by Crippen LogP contribution is 2.43. The lowest BCUT2D eigenvalue weighted by Crippen LogP contribution is -2.29. The number of carboxylic acids is 1. The summed E-state index contributed by atoms with van der Waals surface area (Å²) < 4.78 is 19.2. The van der Waals surface area contributed by atoms with Crippen molar-refractivity contribution >= 4 is 5.97 Å². The van der Waals surface area contributed by atoms with Crippen molar-refractivity contribution < 1.29 is 19.0 Å². The van der Waals surface area contributed by atoms with Gasteiger partial charge in [-0.15, -0.1) is 0 Å². The SMILES string of the molecule is CCC1CCC(C(=O)O)C(c2ccc(OC)cc2F)C1. The largest absolute Gasteiger partial charge is 0.497 e. The van der Waals surface area contributed by atoms with Gasteiger partial charge < -0.3 is 9.84 Å². The maximum atomic E-state index is 14.2. The van der Waals surface area contributed by atoms with Crippen LogP contribution in [0.1, 0.15) is 44.1 Å². The summed E-state index contributed by atoms with van der Waals surface area (Å²) in [6, 6.07) is 4.71. The number of ether oxygens (including phenoxy) is 1. The number of rotatable bonds is 4. The summed E-state index contributed by atoms with van der Waals surface area (Å²) >= 11 is 0. The quantitative estimate of drug-likeness (QED) is 0.911. The molecule has 1 aromatic carbocycles. The molecule has 4 heteroatoms. The van der Waals surface area contributed by atoms with E-state index < -0.39 is 11.9 Å². The molecule has 110 valence electrons. The Morgan fingerprint density at radius 1 is 1.45 bits per heavy atom. The summed E-state index contributed by atoms with van der Waals surface area (Å²) in [4.78, 5) is 11.4. The van der Waals surface area contributed by atoms with E-state index in [-0.39, 0.29) is 11.7 Å². The van der Waals surface area contributed by atoms with Crippen LogP contribution in [-0.4, -0.2) is 18.2 Å². The molecule has 1 aliphatic rings. The fourth-order valence-corrected chi connectivity index (χ4v) is 3.20. The van der Waals surface area contributed by atoms with Crippen molar-refractivity contribution in [3.8, 4) is 5.75 Å². The van der Waals surface area contributed by atoms with Crippen LogP contribution in [0.15, 0.2) is 18.2 Å². The minimum absolute atomic E-state index is 0.239. The monoisotopic (exact) mass is 280 g/mol. The molecule has 1 aliphatic carbocycles. The second kappa shape index (κ2) is 6.25. The smallest absolute Gasteiger partial charge is 0.307 e. The zero-order valence-corrected chi connectivity index (χ0v) is 11.9. The predicted molar refractivity (Wildman–Crippen MR) is 74.5 cm³/mol. The maximum Gasteiger partial charge on any atom is 0.307 e. The van der Waals surface area contributed by atoms with Crippen molar-refractivity contribution in [2.45, 2.75) is 38.5 Å². The highest BCUT2D eigenvalue weighted by atomic mass is 19.1. The van der Waals surface area contributed by atoms with Crippen LogP contribution in [0.2, 0.25) is 0 Å². The Balaban J connectivity index is 2.32. The van der Waals surface area contributed by atoms with Crippen LogP contribution in [0.5, 0.6) is 5.75 Å². The van der Waals surface area contributed by atoms with E-state index in [1.54, 1.807) is 12.1 Å².